The molecule has 5 unspecified atom stereocenters. The van der Waals surface area contributed by atoms with E-state index in [0.717, 1.165) is 24.6 Å². The molecule has 0 aromatic heterocycles. The van der Waals surface area contributed by atoms with Crippen LogP contribution in [0.5, 0.6) is 0 Å². The fourth-order valence-corrected chi connectivity index (χ4v) is 5.23. The molecule has 1 saturated carbocycles. The largest absolute Gasteiger partial charge is 0.312 e. The lowest BCUT2D eigenvalue weighted by atomic mass is 9.71. The van der Waals surface area contributed by atoms with Crippen LogP contribution in [0.25, 0.3) is 0 Å². The van der Waals surface area contributed by atoms with Crippen LogP contribution in [0.4, 0.5) is 0 Å². The maximum absolute atomic E-state index is 12.4. The molecule has 1 saturated heterocycles. The highest BCUT2D eigenvalue weighted by molar-refractivity contribution is 7.85. The molecule has 0 aromatic carbocycles. The van der Waals surface area contributed by atoms with Crippen LogP contribution >= 0.6 is 0 Å². The smallest absolute Gasteiger partial charge is 0.0504 e. The summed E-state index contributed by atoms with van der Waals surface area (Å²) in [5.41, 5.74) is 0.368. The van der Waals surface area contributed by atoms with Gasteiger partial charge in [-0.15, -0.1) is 0 Å². The van der Waals surface area contributed by atoms with Crippen molar-refractivity contribution in [2.75, 3.05) is 12.3 Å². The van der Waals surface area contributed by atoms with Gasteiger partial charge in [-0.1, -0.05) is 27.7 Å². The van der Waals surface area contributed by atoms with Crippen molar-refractivity contribution in [3.05, 3.63) is 0 Å². The van der Waals surface area contributed by atoms with Crippen molar-refractivity contribution in [1.82, 2.24) is 5.32 Å². The van der Waals surface area contributed by atoms with E-state index >= 15 is 0 Å². The number of rotatable bonds is 0. The minimum Gasteiger partial charge on any atom is -0.312 e. The van der Waals surface area contributed by atoms with E-state index in [1.54, 1.807) is 0 Å². The molecule has 2 fully saturated rings. The Balaban J connectivity index is 2.09. The summed E-state index contributed by atoms with van der Waals surface area (Å²) in [6, 6.07) is 0.513. The van der Waals surface area contributed by atoms with Crippen LogP contribution in [0.1, 0.15) is 47.0 Å². The van der Waals surface area contributed by atoms with Crippen LogP contribution in [0.3, 0.4) is 0 Å². The van der Waals surface area contributed by atoms with E-state index in [9.17, 15) is 4.21 Å². The summed E-state index contributed by atoms with van der Waals surface area (Å²) in [4.78, 5) is 0. The Morgan fingerprint density at radius 1 is 1.24 bits per heavy atom. The average molecular weight is 257 g/mol. The van der Waals surface area contributed by atoms with Gasteiger partial charge >= 0.3 is 0 Å². The molecular weight excluding hydrogens is 230 g/mol. The summed E-state index contributed by atoms with van der Waals surface area (Å²) in [5, 5.41) is 4.04. The van der Waals surface area contributed by atoms with Crippen molar-refractivity contribution in [3.63, 3.8) is 0 Å². The van der Waals surface area contributed by atoms with Crippen LogP contribution in [0, 0.1) is 17.3 Å². The summed E-state index contributed by atoms with van der Waals surface area (Å²) in [6.07, 6.45) is 3.66. The van der Waals surface area contributed by atoms with E-state index in [2.05, 4.69) is 33.0 Å². The predicted molar refractivity (Wildman–Crippen MR) is 74.5 cm³/mol. The van der Waals surface area contributed by atoms with Crippen LogP contribution in [-0.4, -0.2) is 27.8 Å². The minimum atomic E-state index is -0.622. The van der Waals surface area contributed by atoms with Crippen LogP contribution in [0.15, 0.2) is 0 Å². The van der Waals surface area contributed by atoms with Gasteiger partial charge in [0.25, 0.3) is 0 Å². The molecule has 1 N–H and O–H groups in total. The molecule has 5 atom stereocenters. The summed E-state index contributed by atoms with van der Waals surface area (Å²) in [7, 11) is -0.622. The van der Waals surface area contributed by atoms with E-state index in [1.807, 2.05) is 0 Å². The number of hydrogen-bond acceptors (Lipinski definition) is 2. The SMILES string of the molecule is CC1CNC2CCC(C(C)(C)C)CC2S(=O)C1. The molecule has 0 spiro atoms. The first kappa shape index (κ1) is 13.5. The highest BCUT2D eigenvalue weighted by Crippen LogP contribution is 2.40. The second kappa shape index (κ2) is 5.00. The third-order valence-corrected chi connectivity index (χ3v) is 6.63. The zero-order chi connectivity index (χ0) is 12.6. The maximum Gasteiger partial charge on any atom is 0.0504 e. The van der Waals surface area contributed by atoms with Gasteiger partial charge in [0.15, 0.2) is 0 Å². The normalized spacial score (nSPS) is 43.9. The van der Waals surface area contributed by atoms with Gasteiger partial charge < -0.3 is 5.32 Å². The molecule has 2 aliphatic rings. The Labute approximate surface area is 108 Å². The van der Waals surface area contributed by atoms with E-state index in [1.165, 1.54) is 12.8 Å². The Morgan fingerprint density at radius 2 is 1.94 bits per heavy atom. The summed E-state index contributed by atoms with van der Waals surface area (Å²) in [6.45, 7) is 10.2. The molecule has 1 aliphatic carbocycles. The Bertz CT molecular complexity index is 297. The molecule has 1 heterocycles. The molecule has 0 amide bonds. The number of fused-ring (bicyclic) bond motifs is 1. The lowest BCUT2D eigenvalue weighted by molar-refractivity contribution is 0.164. The third-order valence-electron chi connectivity index (χ3n) is 4.53. The highest BCUT2D eigenvalue weighted by Gasteiger charge is 2.40. The molecule has 1 aliphatic heterocycles. The molecule has 100 valence electrons. The summed E-state index contributed by atoms with van der Waals surface area (Å²) >= 11 is 0. The predicted octanol–water partition coefficient (Wildman–Crippen LogP) is 2.56. The lowest BCUT2D eigenvalue weighted by Gasteiger charge is -2.40. The van der Waals surface area contributed by atoms with Gasteiger partial charge in [-0.2, -0.15) is 0 Å². The zero-order valence-electron chi connectivity index (χ0n) is 11.7. The molecule has 2 nitrogen and oxygen atoms in total. The second-order valence-electron chi connectivity index (χ2n) is 7.08. The molecule has 0 radical (unpaired) electrons. The molecule has 0 aromatic rings. The van der Waals surface area contributed by atoms with Gasteiger partial charge in [0.2, 0.25) is 0 Å². The van der Waals surface area contributed by atoms with Gasteiger partial charge in [0.05, 0.1) is 5.25 Å². The van der Waals surface area contributed by atoms with E-state index < -0.39 is 10.8 Å². The fourth-order valence-electron chi connectivity index (χ4n) is 3.26. The van der Waals surface area contributed by atoms with E-state index in [0.29, 0.717) is 22.6 Å². The van der Waals surface area contributed by atoms with E-state index in [-0.39, 0.29) is 0 Å². The monoisotopic (exact) mass is 257 g/mol. The first-order valence-electron chi connectivity index (χ1n) is 6.98. The Morgan fingerprint density at radius 3 is 2.59 bits per heavy atom. The number of hydrogen-bond donors (Lipinski definition) is 1. The second-order valence-corrected chi connectivity index (χ2v) is 8.78. The van der Waals surface area contributed by atoms with Crippen molar-refractivity contribution in [2.24, 2.45) is 17.3 Å². The molecule has 3 heteroatoms. The van der Waals surface area contributed by atoms with Gasteiger partial charge in [-0.05, 0) is 43.1 Å². The van der Waals surface area contributed by atoms with Gasteiger partial charge in [0.1, 0.15) is 0 Å². The van der Waals surface area contributed by atoms with Crippen molar-refractivity contribution < 1.29 is 4.21 Å². The van der Waals surface area contributed by atoms with Crippen molar-refractivity contribution >= 4 is 10.8 Å². The van der Waals surface area contributed by atoms with Crippen LogP contribution < -0.4 is 5.32 Å². The first-order valence-corrected chi connectivity index (χ1v) is 8.36. The van der Waals surface area contributed by atoms with E-state index in [4.69, 9.17) is 0 Å². The van der Waals surface area contributed by atoms with Crippen molar-refractivity contribution in [2.45, 2.75) is 58.2 Å². The van der Waals surface area contributed by atoms with Gasteiger partial charge in [-0.25, -0.2) is 0 Å². The Hall–Kier alpha value is 0.110. The average Bonchev–Trinajstić information content (AvgIpc) is 2.37. The van der Waals surface area contributed by atoms with Crippen molar-refractivity contribution in [1.29, 1.82) is 0 Å². The van der Waals surface area contributed by atoms with Crippen LogP contribution in [-0.2, 0) is 10.8 Å². The quantitative estimate of drug-likeness (QED) is 0.722. The first-order chi connectivity index (χ1) is 7.88. The molecular formula is C14H27NOS. The number of nitrogens with one attached hydrogen (secondary N) is 1. The fraction of sp³-hybridized carbons (Fsp3) is 1.00. The van der Waals surface area contributed by atoms with Gasteiger partial charge in [-0.3, -0.25) is 4.21 Å². The zero-order valence-corrected chi connectivity index (χ0v) is 12.5. The Kier molecular flexibility index (Phi) is 3.99. The molecule has 17 heavy (non-hydrogen) atoms. The van der Waals surface area contributed by atoms with Crippen molar-refractivity contribution in [3.8, 4) is 0 Å². The highest BCUT2D eigenvalue weighted by atomic mass is 32.2. The standard InChI is InChI=1S/C14H27NOS/c1-10-8-15-12-6-5-11(14(2,3)4)7-13(12)17(16)9-10/h10-13,15H,5-9H2,1-4H3. The third kappa shape index (κ3) is 3.11. The minimum absolute atomic E-state index is 0.368. The summed E-state index contributed by atoms with van der Waals surface area (Å²) in [5.74, 6) is 2.20. The van der Waals surface area contributed by atoms with Gasteiger partial charge in [0, 0.05) is 22.6 Å². The molecule has 2 rings (SSSR count). The maximum atomic E-state index is 12.4. The molecule has 0 bridgehead atoms. The lowest BCUT2D eigenvalue weighted by Crippen LogP contribution is -2.46. The summed E-state index contributed by atoms with van der Waals surface area (Å²) < 4.78 is 12.4. The topological polar surface area (TPSA) is 29.1 Å². The van der Waals surface area contributed by atoms with Crippen LogP contribution in [0.2, 0.25) is 0 Å².